The lowest BCUT2D eigenvalue weighted by molar-refractivity contribution is -0.123. The van der Waals surface area contributed by atoms with E-state index in [2.05, 4.69) is 68.9 Å². The number of fused-ring (bicyclic) bond motifs is 2. The quantitative estimate of drug-likeness (QED) is 0.0773. The molecule has 2 aromatic carbocycles. The molecule has 0 aliphatic heterocycles. The summed E-state index contributed by atoms with van der Waals surface area (Å²) in [5, 5.41) is 18.0. The van der Waals surface area contributed by atoms with Crippen LogP contribution >= 0.6 is 68.7 Å². The Morgan fingerprint density at radius 3 is 2.08 bits per heavy atom. The van der Waals surface area contributed by atoms with Gasteiger partial charge in [-0.05, 0) is 61.5 Å². The molecule has 0 aliphatic carbocycles. The molecule has 0 saturated carbocycles. The molecule has 59 heavy (non-hydrogen) atoms. The third-order valence-corrected chi connectivity index (χ3v) is 10.7. The number of hydrogen-bond acceptors (Lipinski definition) is 13. The molecule has 7 aromatic rings. The summed E-state index contributed by atoms with van der Waals surface area (Å²) in [6.45, 7) is 1.08. The van der Waals surface area contributed by atoms with Gasteiger partial charge in [-0.2, -0.15) is 10.1 Å². The Bertz CT molecular complexity index is 2890. The van der Waals surface area contributed by atoms with Crippen LogP contribution in [0.2, 0.25) is 10.0 Å². The lowest BCUT2D eigenvalue weighted by Crippen LogP contribution is -2.30. The summed E-state index contributed by atoms with van der Waals surface area (Å²) in [5.41, 5.74) is 2.31. The van der Waals surface area contributed by atoms with E-state index in [0.29, 0.717) is 60.1 Å². The smallest absolute Gasteiger partial charge is 0.302 e. The van der Waals surface area contributed by atoms with E-state index in [1.165, 1.54) is 26.9 Å². The van der Waals surface area contributed by atoms with Crippen LogP contribution in [-0.2, 0) is 20.7 Å². The molecular formula is C37H30Cl2I2N12O6. The summed E-state index contributed by atoms with van der Waals surface area (Å²) in [4.78, 5) is 67.9. The number of carbonyl (C=O) groups is 2. The van der Waals surface area contributed by atoms with Crippen molar-refractivity contribution in [1.29, 1.82) is 0 Å². The molecule has 4 N–H and O–H groups in total. The van der Waals surface area contributed by atoms with Gasteiger partial charge in [0.2, 0.25) is 0 Å². The van der Waals surface area contributed by atoms with Gasteiger partial charge in [0, 0.05) is 35.4 Å². The maximum absolute atomic E-state index is 13.1. The number of amides is 2. The maximum Gasteiger partial charge on any atom is 0.302 e. The minimum absolute atomic E-state index is 0.00936. The topological polar surface area (TPSA) is 214 Å². The van der Waals surface area contributed by atoms with Crippen molar-refractivity contribution in [2.45, 2.75) is 18.0 Å². The molecule has 18 nitrogen and oxygen atoms in total. The van der Waals surface area contributed by atoms with Crippen molar-refractivity contribution in [3.63, 3.8) is 0 Å². The van der Waals surface area contributed by atoms with Crippen LogP contribution in [0.25, 0.3) is 27.8 Å². The number of nitrogens with zero attached hydrogens (tertiary/aromatic N) is 8. The summed E-state index contributed by atoms with van der Waals surface area (Å²) in [5.74, 6) is 0.654. The molecule has 0 radical (unpaired) electrons. The number of hydrogen-bond donors (Lipinski definition) is 4. The normalized spacial score (nSPS) is 11.1. The molecule has 22 heteroatoms. The molecule has 7 rings (SSSR count). The molecule has 2 amide bonds. The standard InChI is InChI=1S/C37H30Cl2I2N12O6/c1-19-43-14-25(38)33(46-19)47-23-4-6-28-21(10-23)12-30(36(57)53(28)41)59-17-32(55)44-13-24-7-8-52(50-24)37-45-15-26(39)34(49-37)48-22-3-5-27-20(9-22)11-29(35(56)51(27)18-40)58-16-31(54)42-2/h3-12,14-15H,13,16-18H2,1-2H3,(H,42,54)(H,44,55)(H,43,46,47)(H,45,48,49). The highest BCUT2D eigenvalue weighted by Gasteiger charge is 2.16. The van der Waals surface area contributed by atoms with Crippen LogP contribution in [0, 0.1) is 6.92 Å². The second-order valence-corrected chi connectivity index (χ2v) is 15.0. The first kappa shape index (κ1) is 41.6. The lowest BCUT2D eigenvalue weighted by Gasteiger charge is -2.14. The minimum Gasteiger partial charge on any atom is -0.478 e. The fourth-order valence-electron chi connectivity index (χ4n) is 5.64. The van der Waals surface area contributed by atoms with Crippen LogP contribution < -0.4 is 41.9 Å². The third-order valence-electron chi connectivity index (χ3n) is 8.53. The van der Waals surface area contributed by atoms with Crippen molar-refractivity contribution in [2.75, 3.05) is 30.9 Å². The first-order valence-corrected chi connectivity index (χ1v) is 20.6. The predicted molar refractivity (Wildman–Crippen MR) is 239 cm³/mol. The molecular weight excluding hydrogens is 1030 g/mol. The number of halogens is 4. The van der Waals surface area contributed by atoms with E-state index in [4.69, 9.17) is 32.7 Å². The Morgan fingerprint density at radius 1 is 0.797 bits per heavy atom. The van der Waals surface area contributed by atoms with Crippen LogP contribution in [0.5, 0.6) is 11.5 Å². The van der Waals surface area contributed by atoms with Gasteiger partial charge < -0.3 is 30.7 Å². The zero-order valence-corrected chi connectivity index (χ0v) is 36.6. The van der Waals surface area contributed by atoms with Gasteiger partial charge in [-0.15, -0.1) is 0 Å². The van der Waals surface area contributed by atoms with Crippen LogP contribution in [0.3, 0.4) is 0 Å². The highest BCUT2D eigenvalue weighted by atomic mass is 127. The molecule has 0 bridgehead atoms. The summed E-state index contributed by atoms with van der Waals surface area (Å²) < 4.78 is 15.9. The van der Waals surface area contributed by atoms with E-state index < -0.39 is 18.1 Å². The number of nitrogens with one attached hydrogen (secondary N) is 4. The Hall–Kier alpha value is -5.59. The Morgan fingerprint density at radius 2 is 1.41 bits per heavy atom. The first-order valence-electron chi connectivity index (χ1n) is 17.3. The van der Waals surface area contributed by atoms with Crippen LogP contribution in [0.4, 0.5) is 23.0 Å². The summed E-state index contributed by atoms with van der Waals surface area (Å²) >= 11 is 16.7. The number of carbonyl (C=O) groups excluding carboxylic acids is 2. The van der Waals surface area contributed by atoms with Crippen LogP contribution in [0.1, 0.15) is 11.5 Å². The number of benzene rings is 2. The van der Waals surface area contributed by atoms with Crippen LogP contribution in [-0.4, -0.2) is 69.1 Å². The summed E-state index contributed by atoms with van der Waals surface area (Å²) in [6, 6.07) is 15.6. The number of rotatable bonds is 14. The molecule has 0 spiro atoms. The number of aromatic nitrogens is 8. The van der Waals surface area contributed by atoms with Gasteiger partial charge in [0.25, 0.3) is 23.3 Å². The van der Waals surface area contributed by atoms with Gasteiger partial charge in [0.05, 0.1) is 63.1 Å². The minimum atomic E-state index is -0.478. The molecule has 0 fully saturated rings. The zero-order valence-electron chi connectivity index (χ0n) is 30.8. The third kappa shape index (κ3) is 9.50. The Kier molecular flexibility index (Phi) is 12.8. The van der Waals surface area contributed by atoms with E-state index >= 15 is 0 Å². The molecule has 0 saturated heterocycles. The second kappa shape index (κ2) is 18.1. The van der Waals surface area contributed by atoms with Gasteiger partial charge >= 0.3 is 5.56 Å². The number of anilines is 4. The lowest BCUT2D eigenvalue weighted by atomic mass is 10.2. The van der Waals surface area contributed by atoms with Crippen molar-refractivity contribution < 1.29 is 19.1 Å². The molecule has 0 aliphatic rings. The molecule has 302 valence electrons. The molecule has 5 heterocycles. The van der Waals surface area contributed by atoms with Crippen molar-refractivity contribution in [3.8, 4) is 17.4 Å². The molecule has 5 aromatic heterocycles. The highest BCUT2D eigenvalue weighted by Crippen LogP contribution is 2.29. The average molecular weight is 1060 g/mol. The average Bonchev–Trinajstić information content (AvgIpc) is 3.71. The second-order valence-electron chi connectivity index (χ2n) is 12.5. The van der Waals surface area contributed by atoms with Crippen molar-refractivity contribution in [3.05, 3.63) is 115 Å². The number of ether oxygens (including phenoxy) is 2. The predicted octanol–water partition coefficient (Wildman–Crippen LogP) is 5.60. The van der Waals surface area contributed by atoms with Gasteiger partial charge in [-0.25, -0.2) is 22.4 Å². The summed E-state index contributed by atoms with van der Waals surface area (Å²) in [6.07, 6.45) is 4.57. The fraction of sp³-hybridized carbons (Fsp3) is 0.162. The van der Waals surface area contributed by atoms with E-state index in [-0.39, 0.29) is 52.9 Å². The monoisotopic (exact) mass is 1060 g/mol. The van der Waals surface area contributed by atoms with Crippen molar-refractivity contribution >= 4 is 125 Å². The SMILES string of the molecule is CNC(=O)COc1cc2cc(Nc3nc(-n4ccc(CNC(=O)COc5cc6cc(Nc7nc(C)ncc7Cl)ccc6n(I)c5=O)n4)ncc3Cl)ccc2n(CI)c1=O. The van der Waals surface area contributed by atoms with E-state index in [0.717, 1.165) is 0 Å². The van der Waals surface area contributed by atoms with E-state index in [1.807, 2.05) is 28.9 Å². The van der Waals surface area contributed by atoms with Gasteiger partial charge in [-0.1, -0.05) is 45.8 Å². The Labute approximate surface area is 371 Å². The number of alkyl halides is 1. The van der Waals surface area contributed by atoms with E-state index in [9.17, 15) is 19.2 Å². The van der Waals surface area contributed by atoms with Gasteiger partial charge in [0.15, 0.2) is 36.3 Å². The van der Waals surface area contributed by atoms with Crippen LogP contribution in [0.15, 0.2) is 82.8 Å². The van der Waals surface area contributed by atoms with Gasteiger partial charge in [0.1, 0.15) is 15.9 Å². The largest absolute Gasteiger partial charge is 0.478 e. The molecule has 0 atom stereocenters. The highest BCUT2D eigenvalue weighted by molar-refractivity contribution is 14.1. The number of likely N-dealkylation sites (N-methyl/N-ethyl adjacent to an activating group) is 1. The zero-order chi connectivity index (χ0) is 41.8. The summed E-state index contributed by atoms with van der Waals surface area (Å²) in [7, 11) is 1.48. The number of aryl methyl sites for hydroxylation is 1. The Balaban J connectivity index is 0.994. The van der Waals surface area contributed by atoms with Crippen molar-refractivity contribution in [1.82, 2.24) is 47.7 Å². The molecule has 0 unspecified atom stereocenters. The van der Waals surface area contributed by atoms with E-state index in [1.54, 1.807) is 66.2 Å². The van der Waals surface area contributed by atoms with Gasteiger partial charge in [-0.3, -0.25) is 23.7 Å². The number of pyridine rings is 2. The fourth-order valence-corrected chi connectivity index (χ4v) is 7.27. The maximum atomic E-state index is 13.1. The van der Waals surface area contributed by atoms with Crippen molar-refractivity contribution in [2.24, 2.45) is 0 Å². The first-order chi connectivity index (χ1) is 28.4.